The molecule has 16 heavy (non-hydrogen) atoms. The standard InChI is InChI=1S/C13H20BrNO/c1-15-10-6-2-3-7-11-16-13-9-5-4-8-12(13)14/h4-5,8-9,15H,2-3,6-7,10-11H2,1H3. The fourth-order valence-corrected chi connectivity index (χ4v) is 1.90. The summed E-state index contributed by atoms with van der Waals surface area (Å²) in [5, 5.41) is 3.15. The van der Waals surface area contributed by atoms with E-state index in [0.29, 0.717) is 0 Å². The van der Waals surface area contributed by atoms with Crippen LogP contribution >= 0.6 is 15.9 Å². The lowest BCUT2D eigenvalue weighted by atomic mass is 10.2. The van der Waals surface area contributed by atoms with Gasteiger partial charge in [-0.1, -0.05) is 25.0 Å². The number of benzene rings is 1. The Morgan fingerprint density at radius 2 is 1.88 bits per heavy atom. The highest BCUT2D eigenvalue weighted by Gasteiger charge is 1.98. The molecular formula is C13H20BrNO. The molecule has 1 aromatic carbocycles. The summed E-state index contributed by atoms with van der Waals surface area (Å²) in [7, 11) is 2.00. The average molecular weight is 286 g/mol. The molecule has 0 radical (unpaired) electrons. The van der Waals surface area contributed by atoms with E-state index in [1.165, 1.54) is 19.3 Å². The highest BCUT2D eigenvalue weighted by atomic mass is 79.9. The summed E-state index contributed by atoms with van der Waals surface area (Å²) in [6, 6.07) is 7.98. The zero-order chi connectivity index (χ0) is 11.6. The number of halogens is 1. The number of unbranched alkanes of at least 4 members (excludes halogenated alkanes) is 3. The van der Waals surface area contributed by atoms with Crippen molar-refractivity contribution in [3.8, 4) is 5.75 Å². The molecule has 0 aliphatic rings. The monoisotopic (exact) mass is 285 g/mol. The zero-order valence-electron chi connectivity index (χ0n) is 9.84. The van der Waals surface area contributed by atoms with Gasteiger partial charge in [-0.15, -0.1) is 0 Å². The summed E-state index contributed by atoms with van der Waals surface area (Å²) < 4.78 is 6.71. The van der Waals surface area contributed by atoms with E-state index in [0.717, 1.165) is 29.8 Å². The van der Waals surface area contributed by atoms with Crippen molar-refractivity contribution in [2.75, 3.05) is 20.2 Å². The number of hydrogen-bond donors (Lipinski definition) is 1. The van der Waals surface area contributed by atoms with Crippen molar-refractivity contribution in [3.05, 3.63) is 28.7 Å². The van der Waals surface area contributed by atoms with Gasteiger partial charge in [0.25, 0.3) is 0 Å². The van der Waals surface area contributed by atoms with Crippen LogP contribution in [0.25, 0.3) is 0 Å². The SMILES string of the molecule is CNCCCCCCOc1ccccc1Br. The van der Waals surface area contributed by atoms with Crippen LogP contribution in [0.15, 0.2) is 28.7 Å². The molecule has 0 unspecified atom stereocenters. The second kappa shape index (κ2) is 8.59. The number of nitrogens with one attached hydrogen (secondary N) is 1. The van der Waals surface area contributed by atoms with Gasteiger partial charge in [-0.3, -0.25) is 0 Å². The van der Waals surface area contributed by atoms with E-state index in [4.69, 9.17) is 4.74 Å². The van der Waals surface area contributed by atoms with Crippen molar-refractivity contribution in [1.29, 1.82) is 0 Å². The van der Waals surface area contributed by atoms with E-state index < -0.39 is 0 Å². The second-order valence-corrected chi connectivity index (χ2v) is 4.65. The van der Waals surface area contributed by atoms with Crippen LogP contribution in [0.1, 0.15) is 25.7 Å². The van der Waals surface area contributed by atoms with Crippen molar-refractivity contribution in [2.24, 2.45) is 0 Å². The van der Waals surface area contributed by atoms with Gasteiger partial charge in [0.1, 0.15) is 5.75 Å². The third kappa shape index (κ3) is 5.52. The Bertz CT molecular complexity index is 291. The smallest absolute Gasteiger partial charge is 0.133 e. The van der Waals surface area contributed by atoms with Gasteiger partial charge in [0.15, 0.2) is 0 Å². The lowest BCUT2D eigenvalue weighted by Crippen LogP contribution is -2.07. The van der Waals surface area contributed by atoms with E-state index in [-0.39, 0.29) is 0 Å². The van der Waals surface area contributed by atoms with E-state index >= 15 is 0 Å². The molecule has 0 aliphatic heterocycles. The molecule has 0 saturated carbocycles. The summed E-state index contributed by atoms with van der Waals surface area (Å²) in [5.41, 5.74) is 0. The Morgan fingerprint density at radius 3 is 2.62 bits per heavy atom. The highest BCUT2D eigenvalue weighted by Crippen LogP contribution is 2.23. The molecule has 1 rings (SSSR count). The molecule has 0 aromatic heterocycles. The molecule has 0 saturated heterocycles. The minimum Gasteiger partial charge on any atom is -0.492 e. The summed E-state index contributed by atoms with van der Waals surface area (Å²) in [6.07, 6.45) is 4.91. The molecule has 1 aromatic rings. The fourth-order valence-electron chi connectivity index (χ4n) is 1.50. The minimum atomic E-state index is 0.808. The van der Waals surface area contributed by atoms with Crippen LogP contribution in [0.3, 0.4) is 0 Å². The van der Waals surface area contributed by atoms with E-state index in [2.05, 4.69) is 21.2 Å². The molecule has 90 valence electrons. The number of rotatable bonds is 8. The van der Waals surface area contributed by atoms with Crippen LogP contribution in [0.5, 0.6) is 5.75 Å². The van der Waals surface area contributed by atoms with Gasteiger partial charge in [0, 0.05) is 0 Å². The number of hydrogen-bond acceptors (Lipinski definition) is 2. The fraction of sp³-hybridized carbons (Fsp3) is 0.538. The summed E-state index contributed by atoms with van der Waals surface area (Å²) >= 11 is 3.47. The van der Waals surface area contributed by atoms with Crippen molar-refractivity contribution in [3.63, 3.8) is 0 Å². The van der Waals surface area contributed by atoms with Crippen LogP contribution in [0, 0.1) is 0 Å². The van der Waals surface area contributed by atoms with Gasteiger partial charge in [-0.25, -0.2) is 0 Å². The van der Waals surface area contributed by atoms with E-state index in [9.17, 15) is 0 Å². The van der Waals surface area contributed by atoms with Crippen molar-refractivity contribution in [2.45, 2.75) is 25.7 Å². The van der Waals surface area contributed by atoms with Gasteiger partial charge in [-0.2, -0.15) is 0 Å². The van der Waals surface area contributed by atoms with Crippen LogP contribution in [0.4, 0.5) is 0 Å². The molecule has 0 aliphatic carbocycles. The quantitative estimate of drug-likeness (QED) is 0.737. The molecule has 0 heterocycles. The Hall–Kier alpha value is -0.540. The molecule has 1 N–H and O–H groups in total. The molecule has 0 atom stereocenters. The van der Waals surface area contributed by atoms with E-state index in [1.54, 1.807) is 0 Å². The molecule has 3 heteroatoms. The first-order valence-corrected chi connectivity index (χ1v) is 6.66. The third-order valence-electron chi connectivity index (χ3n) is 2.42. The lowest BCUT2D eigenvalue weighted by Gasteiger charge is -2.07. The van der Waals surface area contributed by atoms with Crippen molar-refractivity contribution in [1.82, 2.24) is 5.32 Å². The summed E-state index contributed by atoms with van der Waals surface area (Å²) in [4.78, 5) is 0. The van der Waals surface area contributed by atoms with Gasteiger partial charge in [-0.05, 0) is 54.5 Å². The molecule has 0 amide bonds. The van der Waals surface area contributed by atoms with Gasteiger partial charge >= 0.3 is 0 Å². The predicted molar refractivity (Wildman–Crippen MR) is 72.0 cm³/mol. The Morgan fingerprint density at radius 1 is 1.12 bits per heavy atom. The van der Waals surface area contributed by atoms with Gasteiger partial charge < -0.3 is 10.1 Å². The number of ether oxygens (including phenoxy) is 1. The van der Waals surface area contributed by atoms with Crippen molar-refractivity contribution >= 4 is 15.9 Å². The molecular weight excluding hydrogens is 266 g/mol. The minimum absolute atomic E-state index is 0.808. The van der Waals surface area contributed by atoms with Crippen LogP contribution in [-0.4, -0.2) is 20.2 Å². The van der Waals surface area contributed by atoms with Crippen molar-refractivity contribution < 1.29 is 4.74 Å². The summed E-state index contributed by atoms with van der Waals surface area (Å²) in [6.45, 7) is 1.92. The Labute approximate surface area is 107 Å². The first-order chi connectivity index (χ1) is 7.84. The van der Waals surface area contributed by atoms with Gasteiger partial charge in [0.05, 0.1) is 11.1 Å². The largest absolute Gasteiger partial charge is 0.492 e. The third-order valence-corrected chi connectivity index (χ3v) is 3.07. The molecule has 0 spiro atoms. The predicted octanol–water partition coefficient (Wildman–Crippen LogP) is 3.61. The molecule has 2 nitrogen and oxygen atoms in total. The first kappa shape index (κ1) is 13.5. The Kier molecular flexibility index (Phi) is 7.26. The highest BCUT2D eigenvalue weighted by molar-refractivity contribution is 9.10. The van der Waals surface area contributed by atoms with Gasteiger partial charge in [0.2, 0.25) is 0 Å². The maximum Gasteiger partial charge on any atom is 0.133 e. The maximum atomic E-state index is 5.68. The van der Waals surface area contributed by atoms with Crippen LogP contribution in [0.2, 0.25) is 0 Å². The Balaban J connectivity index is 2.05. The second-order valence-electron chi connectivity index (χ2n) is 3.80. The topological polar surface area (TPSA) is 21.3 Å². The normalized spacial score (nSPS) is 10.4. The van der Waals surface area contributed by atoms with Crippen LogP contribution in [-0.2, 0) is 0 Å². The number of para-hydroxylation sites is 1. The average Bonchev–Trinajstić information content (AvgIpc) is 2.30. The van der Waals surface area contributed by atoms with E-state index in [1.807, 2.05) is 31.3 Å². The van der Waals surface area contributed by atoms with Crippen LogP contribution < -0.4 is 10.1 Å². The maximum absolute atomic E-state index is 5.68. The molecule has 0 fully saturated rings. The summed E-state index contributed by atoms with van der Waals surface area (Å²) in [5.74, 6) is 0.942. The lowest BCUT2D eigenvalue weighted by molar-refractivity contribution is 0.303. The zero-order valence-corrected chi connectivity index (χ0v) is 11.4. The molecule has 0 bridgehead atoms. The first-order valence-electron chi connectivity index (χ1n) is 5.86.